The van der Waals surface area contributed by atoms with E-state index in [9.17, 15) is 14.4 Å². The number of anilines is 1. The molecular formula is C31H40N6O3. The highest BCUT2D eigenvalue weighted by Crippen LogP contribution is 2.38. The number of rotatable bonds is 7. The molecule has 2 N–H and O–H groups in total. The normalized spacial score (nSPS) is 23.8. The van der Waals surface area contributed by atoms with Crippen molar-refractivity contribution in [2.45, 2.75) is 83.3 Å². The molecule has 0 radical (unpaired) electrons. The third-order valence-corrected chi connectivity index (χ3v) is 9.32. The summed E-state index contributed by atoms with van der Waals surface area (Å²) in [4.78, 5) is 42.8. The molecule has 40 heavy (non-hydrogen) atoms. The zero-order chi connectivity index (χ0) is 27.9. The molecule has 212 valence electrons. The van der Waals surface area contributed by atoms with Gasteiger partial charge in [-0.25, -0.2) is 0 Å². The van der Waals surface area contributed by atoms with Gasteiger partial charge in [-0.3, -0.25) is 24.0 Å². The van der Waals surface area contributed by atoms with Gasteiger partial charge in [0.05, 0.1) is 23.4 Å². The molecule has 3 amide bonds. The molecule has 1 aromatic heterocycles. The van der Waals surface area contributed by atoms with Gasteiger partial charge in [-0.15, -0.1) is 0 Å². The van der Waals surface area contributed by atoms with E-state index in [-0.39, 0.29) is 5.91 Å². The summed E-state index contributed by atoms with van der Waals surface area (Å²) in [7, 11) is 0. The van der Waals surface area contributed by atoms with Crippen LogP contribution in [0.1, 0.15) is 97.0 Å². The summed E-state index contributed by atoms with van der Waals surface area (Å²) in [6.45, 7) is 10.2. The van der Waals surface area contributed by atoms with Crippen LogP contribution in [-0.4, -0.2) is 63.0 Å². The number of hydrogen-bond donors (Lipinski definition) is 2. The number of carbonyl (C=O) groups excluding carboxylic acids is 3. The highest BCUT2D eigenvalue weighted by Gasteiger charge is 2.45. The van der Waals surface area contributed by atoms with E-state index in [0.717, 1.165) is 36.4 Å². The number of nitrogens with zero attached hydrogens (tertiary/aromatic N) is 4. The quantitative estimate of drug-likeness (QED) is 0.499. The van der Waals surface area contributed by atoms with E-state index in [1.165, 1.54) is 38.6 Å². The van der Waals surface area contributed by atoms with E-state index >= 15 is 0 Å². The molecule has 9 heteroatoms. The van der Waals surface area contributed by atoms with Gasteiger partial charge in [-0.2, -0.15) is 5.10 Å². The number of nitrogens with one attached hydrogen (secondary N) is 2. The Morgan fingerprint density at radius 1 is 1.07 bits per heavy atom. The minimum atomic E-state index is -0.819. The van der Waals surface area contributed by atoms with Crippen molar-refractivity contribution in [2.24, 2.45) is 5.41 Å². The van der Waals surface area contributed by atoms with Crippen LogP contribution in [-0.2, 0) is 11.3 Å². The molecule has 1 unspecified atom stereocenters. The summed E-state index contributed by atoms with van der Waals surface area (Å²) in [6, 6.07) is 4.81. The molecule has 6 rings (SSSR count). The summed E-state index contributed by atoms with van der Waals surface area (Å²) in [5.41, 5.74) is 3.37. The fraction of sp³-hybridized carbons (Fsp3) is 0.548. The van der Waals surface area contributed by atoms with Crippen LogP contribution in [0.2, 0.25) is 0 Å². The summed E-state index contributed by atoms with van der Waals surface area (Å²) < 4.78 is 2.10. The largest absolute Gasteiger partial charge is 0.380 e. The van der Waals surface area contributed by atoms with Crippen LogP contribution in [0.4, 0.5) is 5.69 Å². The molecule has 0 spiro atoms. The second-order valence-corrected chi connectivity index (χ2v) is 12.4. The molecule has 4 heterocycles. The van der Waals surface area contributed by atoms with Crippen LogP contribution >= 0.6 is 0 Å². The number of imide groups is 1. The standard InChI is InChI=1S/C31H40N6O3/c1-21-9-10-26(28(38)34-21)37-29(39)24-7-6-8-25(27(24)30(37)40)32-17-22-18-33-36(19-22)23-11-15-35(16-12-23)20-31(2)13-4-3-5-14-31/h6-8,18-19,23,26,32H,1,3-5,9-17,20H2,2H3,(H,34,38). The van der Waals surface area contributed by atoms with Crippen molar-refractivity contribution in [2.75, 3.05) is 25.0 Å². The van der Waals surface area contributed by atoms with Crippen molar-refractivity contribution in [3.63, 3.8) is 0 Å². The van der Waals surface area contributed by atoms with E-state index < -0.39 is 17.9 Å². The smallest absolute Gasteiger partial charge is 0.264 e. The lowest BCUT2D eigenvalue weighted by molar-refractivity contribution is -0.125. The number of aromatic nitrogens is 2. The molecule has 4 aliphatic rings. The first-order valence-corrected chi connectivity index (χ1v) is 14.8. The number of likely N-dealkylation sites (tertiary alicyclic amines) is 1. The molecule has 0 bridgehead atoms. The van der Waals surface area contributed by atoms with Crippen LogP contribution < -0.4 is 10.6 Å². The van der Waals surface area contributed by atoms with Crippen LogP contribution in [0.25, 0.3) is 0 Å². The van der Waals surface area contributed by atoms with Gasteiger partial charge in [0.2, 0.25) is 5.91 Å². The summed E-state index contributed by atoms with van der Waals surface area (Å²) in [5.74, 6) is -1.21. The average molecular weight is 545 g/mol. The highest BCUT2D eigenvalue weighted by atomic mass is 16.2. The number of benzene rings is 1. The minimum absolute atomic E-state index is 0.330. The van der Waals surface area contributed by atoms with E-state index in [4.69, 9.17) is 0 Å². The third kappa shape index (κ3) is 5.19. The van der Waals surface area contributed by atoms with Crippen molar-refractivity contribution >= 4 is 23.4 Å². The van der Waals surface area contributed by atoms with E-state index in [1.54, 1.807) is 12.1 Å². The second kappa shape index (κ2) is 10.8. The fourth-order valence-corrected chi connectivity index (χ4v) is 7.05. The topological polar surface area (TPSA) is 99.6 Å². The molecule has 1 saturated carbocycles. The Morgan fingerprint density at radius 3 is 2.60 bits per heavy atom. The lowest BCUT2D eigenvalue weighted by Crippen LogP contribution is -2.51. The second-order valence-electron chi connectivity index (χ2n) is 12.4. The van der Waals surface area contributed by atoms with Crippen molar-refractivity contribution < 1.29 is 14.4 Å². The van der Waals surface area contributed by atoms with Crippen molar-refractivity contribution in [3.8, 4) is 0 Å². The van der Waals surface area contributed by atoms with Crippen molar-refractivity contribution in [1.82, 2.24) is 24.9 Å². The van der Waals surface area contributed by atoms with Crippen molar-refractivity contribution in [1.29, 1.82) is 0 Å². The molecule has 2 saturated heterocycles. The van der Waals surface area contributed by atoms with Gasteiger partial charge in [0, 0.05) is 49.3 Å². The van der Waals surface area contributed by atoms with Gasteiger partial charge in [-0.1, -0.05) is 38.8 Å². The maximum Gasteiger partial charge on any atom is 0.264 e. The fourth-order valence-electron chi connectivity index (χ4n) is 7.05. The van der Waals surface area contributed by atoms with Crippen LogP contribution in [0.15, 0.2) is 42.9 Å². The lowest BCUT2D eigenvalue weighted by Gasteiger charge is -2.41. The number of allylic oxidation sites excluding steroid dienone is 1. The summed E-state index contributed by atoms with van der Waals surface area (Å²) in [5, 5.41) is 10.7. The number of amides is 3. The molecule has 3 fully saturated rings. The van der Waals surface area contributed by atoms with E-state index in [0.29, 0.717) is 53.4 Å². The van der Waals surface area contributed by atoms with E-state index in [1.807, 2.05) is 12.3 Å². The number of carbonyl (C=O) groups is 3. The number of hydrogen-bond acceptors (Lipinski definition) is 6. The Kier molecular flexibility index (Phi) is 7.25. The van der Waals surface area contributed by atoms with Gasteiger partial charge in [0.1, 0.15) is 6.04 Å². The first-order valence-electron chi connectivity index (χ1n) is 14.8. The zero-order valence-corrected chi connectivity index (χ0v) is 23.5. The van der Waals surface area contributed by atoms with Gasteiger partial charge in [0.25, 0.3) is 11.8 Å². The van der Waals surface area contributed by atoms with Gasteiger partial charge < -0.3 is 15.5 Å². The minimum Gasteiger partial charge on any atom is -0.380 e. The Bertz CT molecular complexity index is 1320. The molecular weight excluding hydrogens is 504 g/mol. The van der Waals surface area contributed by atoms with Gasteiger partial charge >= 0.3 is 0 Å². The maximum atomic E-state index is 13.4. The Labute approximate surface area is 236 Å². The summed E-state index contributed by atoms with van der Waals surface area (Å²) >= 11 is 0. The number of piperidine rings is 2. The van der Waals surface area contributed by atoms with Crippen molar-refractivity contribution in [3.05, 3.63) is 59.6 Å². The lowest BCUT2D eigenvalue weighted by atomic mass is 9.75. The predicted molar refractivity (Wildman–Crippen MR) is 153 cm³/mol. The molecule has 9 nitrogen and oxygen atoms in total. The van der Waals surface area contributed by atoms with Gasteiger partial charge in [-0.05, 0) is 56.1 Å². The van der Waals surface area contributed by atoms with E-state index in [2.05, 4.69) is 45.0 Å². The SMILES string of the molecule is C=C1CCC(N2C(=O)c3cccc(NCc4cnn(C5CCN(CC6(C)CCCCC6)CC5)c4)c3C2=O)C(=O)N1. The number of fused-ring (bicyclic) bond motifs is 1. The van der Waals surface area contributed by atoms with Crippen LogP contribution in [0.3, 0.4) is 0 Å². The third-order valence-electron chi connectivity index (χ3n) is 9.32. The average Bonchev–Trinajstić information content (AvgIpc) is 3.51. The van der Waals surface area contributed by atoms with Gasteiger partial charge in [0.15, 0.2) is 0 Å². The Morgan fingerprint density at radius 2 is 1.85 bits per heavy atom. The molecule has 2 aromatic rings. The van der Waals surface area contributed by atoms with Crippen LogP contribution in [0, 0.1) is 5.41 Å². The monoisotopic (exact) mass is 544 g/mol. The van der Waals surface area contributed by atoms with Crippen LogP contribution in [0.5, 0.6) is 0 Å². The molecule has 1 aliphatic carbocycles. The zero-order valence-electron chi connectivity index (χ0n) is 23.5. The predicted octanol–water partition coefficient (Wildman–Crippen LogP) is 4.49. The molecule has 3 aliphatic heterocycles. The Hall–Kier alpha value is -3.46. The maximum absolute atomic E-state index is 13.4. The Balaban J connectivity index is 1.07. The molecule has 1 aromatic carbocycles. The summed E-state index contributed by atoms with van der Waals surface area (Å²) in [6.07, 6.45) is 14.0. The first kappa shape index (κ1) is 26.7. The highest BCUT2D eigenvalue weighted by molar-refractivity contribution is 6.25. The first-order chi connectivity index (χ1) is 19.3. The molecule has 1 atom stereocenters.